The first kappa shape index (κ1) is 12.4. The van der Waals surface area contributed by atoms with Gasteiger partial charge < -0.3 is 9.64 Å². The number of alkyl halides is 1. The molecule has 1 aliphatic heterocycles. The van der Waals surface area contributed by atoms with Crippen LogP contribution in [0, 0.1) is 0 Å². The molecule has 0 saturated carbocycles. The summed E-state index contributed by atoms with van der Waals surface area (Å²) < 4.78 is 6.60. The van der Waals surface area contributed by atoms with E-state index in [1.807, 2.05) is 0 Å². The predicted octanol–water partition coefficient (Wildman–Crippen LogP) is 3.57. The van der Waals surface area contributed by atoms with E-state index < -0.39 is 0 Å². The molecule has 1 unspecified atom stereocenters. The molecule has 0 aliphatic carbocycles. The number of anilines is 1. The van der Waals surface area contributed by atoms with Crippen molar-refractivity contribution in [2.45, 2.75) is 18.3 Å². The van der Waals surface area contributed by atoms with E-state index in [2.05, 4.69) is 61.9 Å². The number of morpholine rings is 1. The monoisotopic (exact) mass is 347 g/mol. The average Bonchev–Trinajstić information content (AvgIpc) is 2.30. The smallest absolute Gasteiger partial charge is 0.0668 e. The van der Waals surface area contributed by atoms with E-state index in [0.29, 0.717) is 6.04 Å². The van der Waals surface area contributed by atoms with Gasteiger partial charge in [0.1, 0.15) is 0 Å². The summed E-state index contributed by atoms with van der Waals surface area (Å²) in [4.78, 5) is 2.42. The average molecular weight is 349 g/mol. The highest BCUT2D eigenvalue weighted by Crippen LogP contribution is 2.28. The van der Waals surface area contributed by atoms with Crippen LogP contribution in [-0.2, 0) is 10.1 Å². The van der Waals surface area contributed by atoms with E-state index in [1.165, 1.54) is 11.3 Å². The Bertz CT molecular complexity index is 370. The van der Waals surface area contributed by atoms with Crippen molar-refractivity contribution in [3.63, 3.8) is 0 Å². The summed E-state index contributed by atoms with van der Waals surface area (Å²) in [7, 11) is 0. The van der Waals surface area contributed by atoms with Crippen LogP contribution < -0.4 is 4.90 Å². The van der Waals surface area contributed by atoms with Gasteiger partial charge in [-0.3, -0.25) is 0 Å². The zero-order valence-corrected chi connectivity index (χ0v) is 12.4. The maximum Gasteiger partial charge on any atom is 0.0668 e. The van der Waals surface area contributed by atoms with Crippen molar-refractivity contribution in [1.29, 1.82) is 0 Å². The van der Waals surface area contributed by atoms with Gasteiger partial charge in [-0.05, 0) is 30.7 Å². The number of rotatable bonds is 2. The van der Waals surface area contributed by atoms with Crippen molar-refractivity contribution in [2.75, 3.05) is 24.7 Å². The van der Waals surface area contributed by atoms with Gasteiger partial charge >= 0.3 is 0 Å². The van der Waals surface area contributed by atoms with E-state index in [4.69, 9.17) is 4.74 Å². The second-order valence-corrected chi connectivity index (χ2v) is 5.50. The molecule has 1 saturated heterocycles. The largest absolute Gasteiger partial charge is 0.377 e. The summed E-state index contributed by atoms with van der Waals surface area (Å²) in [6.07, 6.45) is 0. The lowest BCUT2D eigenvalue weighted by molar-refractivity contribution is 0.0989. The van der Waals surface area contributed by atoms with Crippen molar-refractivity contribution in [3.05, 3.63) is 28.2 Å². The minimum absolute atomic E-state index is 0.452. The van der Waals surface area contributed by atoms with Gasteiger partial charge in [-0.2, -0.15) is 0 Å². The maximum atomic E-state index is 5.47. The SMILES string of the molecule is CC1COCCN1c1ccc(Br)cc1CBr. The lowest BCUT2D eigenvalue weighted by Gasteiger charge is -2.36. The number of hydrogen-bond acceptors (Lipinski definition) is 2. The summed E-state index contributed by atoms with van der Waals surface area (Å²) in [6.45, 7) is 4.82. The predicted molar refractivity (Wildman–Crippen MR) is 74.4 cm³/mol. The summed E-state index contributed by atoms with van der Waals surface area (Å²) in [6, 6.07) is 6.91. The first-order chi connectivity index (χ1) is 7.72. The molecule has 0 radical (unpaired) electrons. The highest BCUT2D eigenvalue weighted by atomic mass is 79.9. The highest BCUT2D eigenvalue weighted by Gasteiger charge is 2.20. The minimum atomic E-state index is 0.452. The Morgan fingerprint density at radius 3 is 3.00 bits per heavy atom. The second kappa shape index (κ2) is 5.52. The summed E-state index contributed by atoms with van der Waals surface area (Å²) >= 11 is 7.06. The standard InChI is InChI=1S/C12H15Br2NO/c1-9-8-16-5-4-15(9)12-3-2-11(14)6-10(12)7-13/h2-3,6,9H,4-5,7-8H2,1H3. The molecule has 4 heteroatoms. The van der Waals surface area contributed by atoms with Crippen molar-refractivity contribution < 1.29 is 4.74 Å². The van der Waals surface area contributed by atoms with Crippen molar-refractivity contribution in [3.8, 4) is 0 Å². The molecule has 2 nitrogen and oxygen atoms in total. The summed E-state index contributed by atoms with van der Waals surface area (Å²) in [5, 5.41) is 0.881. The van der Waals surface area contributed by atoms with Gasteiger partial charge in [0.15, 0.2) is 0 Å². The van der Waals surface area contributed by atoms with E-state index >= 15 is 0 Å². The molecule has 0 amide bonds. The summed E-state index contributed by atoms with van der Waals surface area (Å²) in [5.74, 6) is 0. The molecule has 0 bridgehead atoms. The van der Waals surface area contributed by atoms with Gasteiger partial charge in [-0.25, -0.2) is 0 Å². The molecule has 1 atom stereocenters. The Morgan fingerprint density at radius 1 is 1.50 bits per heavy atom. The molecule has 1 heterocycles. The zero-order valence-electron chi connectivity index (χ0n) is 9.25. The molecule has 1 aromatic rings. The first-order valence-electron chi connectivity index (χ1n) is 5.41. The molecule has 16 heavy (non-hydrogen) atoms. The van der Waals surface area contributed by atoms with Crippen LogP contribution in [0.4, 0.5) is 5.69 Å². The molecule has 1 fully saturated rings. The molecular weight excluding hydrogens is 334 g/mol. The van der Waals surface area contributed by atoms with Crippen LogP contribution >= 0.6 is 31.9 Å². The van der Waals surface area contributed by atoms with Crippen molar-refractivity contribution in [2.24, 2.45) is 0 Å². The Balaban J connectivity index is 2.30. The van der Waals surface area contributed by atoms with Crippen LogP contribution in [0.15, 0.2) is 22.7 Å². The number of benzene rings is 1. The Hall–Kier alpha value is -0.0600. The number of nitrogens with zero attached hydrogens (tertiary/aromatic N) is 1. The molecule has 0 aromatic heterocycles. The van der Waals surface area contributed by atoms with Crippen LogP contribution in [0.25, 0.3) is 0 Å². The Morgan fingerprint density at radius 2 is 2.31 bits per heavy atom. The van der Waals surface area contributed by atoms with Crippen LogP contribution in [0.5, 0.6) is 0 Å². The second-order valence-electron chi connectivity index (χ2n) is 4.02. The van der Waals surface area contributed by atoms with Crippen LogP contribution in [-0.4, -0.2) is 25.8 Å². The third kappa shape index (κ3) is 2.60. The molecule has 2 rings (SSSR count). The quantitative estimate of drug-likeness (QED) is 0.757. The van der Waals surface area contributed by atoms with Gasteiger partial charge in [-0.15, -0.1) is 0 Å². The van der Waals surface area contributed by atoms with Crippen LogP contribution in [0.3, 0.4) is 0 Å². The van der Waals surface area contributed by atoms with Crippen LogP contribution in [0.2, 0.25) is 0 Å². The molecule has 1 aliphatic rings. The maximum absolute atomic E-state index is 5.47. The lowest BCUT2D eigenvalue weighted by Crippen LogP contribution is -2.44. The van der Waals surface area contributed by atoms with E-state index in [1.54, 1.807) is 0 Å². The summed E-state index contributed by atoms with van der Waals surface area (Å²) in [5.41, 5.74) is 2.64. The minimum Gasteiger partial charge on any atom is -0.377 e. The van der Waals surface area contributed by atoms with E-state index in [0.717, 1.165) is 29.6 Å². The number of hydrogen-bond donors (Lipinski definition) is 0. The Labute approximate surface area is 113 Å². The van der Waals surface area contributed by atoms with Crippen molar-refractivity contribution >= 4 is 37.5 Å². The molecule has 0 N–H and O–H groups in total. The van der Waals surface area contributed by atoms with Gasteiger partial charge in [0.2, 0.25) is 0 Å². The fourth-order valence-electron chi connectivity index (χ4n) is 2.03. The fourth-order valence-corrected chi connectivity index (χ4v) is 2.88. The van der Waals surface area contributed by atoms with E-state index in [-0.39, 0.29) is 0 Å². The molecular formula is C12H15Br2NO. The highest BCUT2D eigenvalue weighted by molar-refractivity contribution is 9.10. The van der Waals surface area contributed by atoms with Crippen LogP contribution in [0.1, 0.15) is 12.5 Å². The normalized spacial score (nSPS) is 21.2. The van der Waals surface area contributed by atoms with E-state index in [9.17, 15) is 0 Å². The van der Waals surface area contributed by atoms with Crippen molar-refractivity contribution in [1.82, 2.24) is 0 Å². The topological polar surface area (TPSA) is 12.5 Å². The third-order valence-electron chi connectivity index (χ3n) is 2.86. The fraction of sp³-hybridized carbons (Fsp3) is 0.500. The molecule has 88 valence electrons. The van der Waals surface area contributed by atoms with Gasteiger partial charge in [0.25, 0.3) is 0 Å². The number of halogens is 2. The third-order valence-corrected chi connectivity index (χ3v) is 3.96. The molecule has 0 spiro atoms. The Kier molecular flexibility index (Phi) is 4.27. The molecule has 1 aromatic carbocycles. The first-order valence-corrected chi connectivity index (χ1v) is 7.32. The zero-order chi connectivity index (χ0) is 11.5. The van der Waals surface area contributed by atoms with Gasteiger partial charge in [-0.1, -0.05) is 31.9 Å². The van der Waals surface area contributed by atoms with Gasteiger partial charge in [0, 0.05) is 28.1 Å². The van der Waals surface area contributed by atoms with Gasteiger partial charge in [0.05, 0.1) is 13.2 Å². The lowest BCUT2D eigenvalue weighted by atomic mass is 10.1. The number of ether oxygens (including phenoxy) is 1.